The number of rotatable bonds is 7. The maximum absolute atomic E-state index is 5.53. The summed E-state index contributed by atoms with van der Waals surface area (Å²) in [6, 6.07) is 80.3. The molecule has 0 fully saturated rings. The first-order chi connectivity index (χ1) is 31.9. The van der Waals surface area contributed by atoms with E-state index in [0.717, 1.165) is 83.3 Å². The summed E-state index contributed by atoms with van der Waals surface area (Å²) in [5.74, 6) is 0.671. The maximum Gasteiger partial charge on any atom is 0.160 e. The van der Waals surface area contributed by atoms with Crippen molar-refractivity contribution in [3.05, 3.63) is 236 Å². The molecule has 1 aliphatic carbocycles. The van der Waals surface area contributed by atoms with Crippen LogP contribution in [0.2, 0.25) is 0 Å². The zero-order valence-electron chi connectivity index (χ0n) is 36.2. The number of nitrogens with zero attached hydrogens (tertiary/aromatic N) is 3. The molecule has 9 aromatic carbocycles. The van der Waals surface area contributed by atoms with Crippen molar-refractivity contribution in [3.8, 4) is 89.7 Å². The van der Waals surface area contributed by atoms with E-state index in [1.54, 1.807) is 0 Å². The zero-order chi connectivity index (χ0) is 43.5. The Hall–Kier alpha value is -8.27. The summed E-state index contributed by atoms with van der Waals surface area (Å²) in [4.78, 5) is 16.3. The Morgan fingerprint density at radius 1 is 0.292 bits per heavy atom. The Balaban J connectivity index is 1.11. The number of benzene rings is 9. The van der Waals surface area contributed by atoms with Gasteiger partial charge in [0.2, 0.25) is 0 Å². The first-order valence-corrected chi connectivity index (χ1v) is 22.3. The van der Waals surface area contributed by atoms with Crippen molar-refractivity contribution in [2.75, 3.05) is 0 Å². The van der Waals surface area contributed by atoms with Crippen LogP contribution in [0.5, 0.6) is 0 Å². The molecule has 0 aliphatic heterocycles. The number of hydrogen-bond donors (Lipinski definition) is 0. The average Bonchev–Trinajstić information content (AvgIpc) is 3.60. The first kappa shape index (κ1) is 38.4. The second-order valence-electron chi connectivity index (χ2n) is 17.6. The Morgan fingerprint density at radius 3 is 1.49 bits per heavy atom. The van der Waals surface area contributed by atoms with Gasteiger partial charge in [0.1, 0.15) is 0 Å². The summed E-state index contributed by atoms with van der Waals surface area (Å²) in [6.45, 7) is 4.68. The van der Waals surface area contributed by atoms with E-state index in [1.165, 1.54) is 33.4 Å². The molecule has 0 amide bonds. The number of fused-ring (bicyclic) bond motifs is 5. The van der Waals surface area contributed by atoms with Gasteiger partial charge in [0.05, 0.1) is 22.6 Å². The minimum Gasteiger partial charge on any atom is -0.248 e. The highest BCUT2D eigenvalue weighted by Crippen LogP contribution is 2.51. The molecule has 0 unspecified atom stereocenters. The summed E-state index contributed by atoms with van der Waals surface area (Å²) < 4.78 is 0. The van der Waals surface area contributed by atoms with Gasteiger partial charge >= 0.3 is 0 Å². The summed E-state index contributed by atoms with van der Waals surface area (Å²) in [5.41, 5.74) is 19.6. The minimum atomic E-state index is -0.169. The van der Waals surface area contributed by atoms with Gasteiger partial charge in [-0.2, -0.15) is 0 Å². The highest BCUT2D eigenvalue weighted by molar-refractivity contribution is 6.09. The highest BCUT2D eigenvalue weighted by Gasteiger charge is 2.36. The molecule has 0 radical (unpaired) electrons. The van der Waals surface area contributed by atoms with Crippen molar-refractivity contribution in [3.63, 3.8) is 0 Å². The van der Waals surface area contributed by atoms with Crippen LogP contribution in [0.1, 0.15) is 25.0 Å². The van der Waals surface area contributed by atoms with Crippen LogP contribution in [0.25, 0.3) is 111 Å². The standard InChI is InChI=1S/C62H43N3/c1-62(2)55-31-15-14-30-50(55)53-36-54-52(37-57(63-60(54)38-56(53)62)46-27-16-25-43(32-46)40-18-6-3-7-19-40)51-35-48(34-45-24-12-13-29-49(45)51)61-64-58(42-22-10-5-11-23-42)39-59(65-61)47-28-17-26-44(33-47)41-20-8-4-9-21-41/h3-39H,1-2H3. The molecule has 3 heteroatoms. The zero-order valence-corrected chi connectivity index (χ0v) is 36.2. The van der Waals surface area contributed by atoms with Crippen molar-refractivity contribution >= 4 is 21.7 Å². The SMILES string of the molecule is CC1(C)c2ccccc2-c2cc3c(-c4cc(-c5nc(-c6ccccc6)cc(-c6cccc(-c7ccccc7)c6)n5)cc5ccccc45)cc(-c4cccc(-c5ccccc5)c4)nc3cc21. The summed E-state index contributed by atoms with van der Waals surface area (Å²) in [6.07, 6.45) is 0. The molecule has 0 saturated carbocycles. The fourth-order valence-electron chi connectivity index (χ4n) is 9.91. The third-order valence-electron chi connectivity index (χ3n) is 13.2. The lowest BCUT2D eigenvalue weighted by molar-refractivity contribution is 0.661. The smallest absolute Gasteiger partial charge is 0.160 e. The molecule has 306 valence electrons. The molecular formula is C62H43N3. The van der Waals surface area contributed by atoms with Gasteiger partial charge in [-0.05, 0) is 115 Å². The van der Waals surface area contributed by atoms with E-state index in [-0.39, 0.29) is 5.41 Å². The fraction of sp³-hybridized carbons (Fsp3) is 0.0484. The summed E-state index contributed by atoms with van der Waals surface area (Å²) >= 11 is 0. The molecule has 3 nitrogen and oxygen atoms in total. The lowest BCUT2D eigenvalue weighted by Crippen LogP contribution is -2.14. The second kappa shape index (κ2) is 15.5. The average molecular weight is 830 g/mol. The van der Waals surface area contributed by atoms with E-state index >= 15 is 0 Å². The predicted molar refractivity (Wildman–Crippen MR) is 270 cm³/mol. The van der Waals surface area contributed by atoms with Gasteiger partial charge in [-0.15, -0.1) is 0 Å². The van der Waals surface area contributed by atoms with Crippen molar-refractivity contribution in [2.45, 2.75) is 19.3 Å². The van der Waals surface area contributed by atoms with E-state index in [4.69, 9.17) is 15.0 Å². The Kier molecular flexibility index (Phi) is 9.17. The van der Waals surface area contributed by atoms with Crippen LogP contribution < -0.4 is 0 Å². The van der Waals surface area contributed by atoms with Gasteiger partial charge in [-0.3, -0.25) is 0 Å². The molecule has 0 N–H and O–H groups in total. The third kappa shape index (κ3) is 6.81. The number of hydrogen-bond acceptors (Lipinski definition) is 3. The molecule has 0 spiro atoms. The molecule has 1 aliphatic rings. The lowest BCUT2D eigenvalue weighted by atomic mass is 9.82. The molecule has 0 atom stereocenters. The second-order valence-corrected chi connectivity index (χ2v) is 17.6. The van der Waals surface area contributed by atoms with Gasteiger partial charge in [-0.25, -0.2) is 15.0 Å². The van der Waals surface area contributed by atoms with E-state index < -0.39 is 0 Å². The molecule has 12 rings (SSSR count). The van der Waals surface area contributed by atoms with Gasteiger partial charge in [0.25, 0.3) is 0 Å². The van der Waals surface area contributed by atoms with Gasteiger partial charge < -0.3 is 0 Å². The Bertz CT molecular complexity index is 3610. The molecule has 65 heavy (non-hydrogen) atoms. The van der Waals surface area contributed by atoms with Crippen LogP contribution in [0.15, 0.2) is 224 Å². The van der Waals surface area contributed by atoms with Crippen LogP contribution in [-0.4, -0.2) is 15.0 Å². The first-order valence-electron chi connectivity index (χ1n) is 22.3. The largest absolute Gasteiger partial charge is 0.248 e. The molecule has 11 aromatic rings. The van der Waals surface area contributed by atoms with Crippen LogP contribution in [0.4, 0.5) is 0 Å². The molecule has 2 aromatic heterocycles. The Labute approximate surface area is 379 Å². The van der Waals surface area contributed by atoms with E-state index in [2.05, 4.69) is 232 Å². The monoisotopic (exact) mass is 829 g/mol. The summed E-state index contributed by atoms with van der Waals surface area (Å²) in [5, 5.41) is 3.38. The van der Waals surface area contributed by atoms with Crippen molar-refractivity contribution in [2.24, 2.45) is 0 Å². The minimum absolute atomic E-state index is 0.169. The Morgan fingerprint density at radius 2 is 0.815 bits per heavy atom. The molecule has 2 heterocycles. The van der Waals surface area contributed by atoms with E-state index in [9.17, 15) is 0 Å². The van der Waals surface area contributed by atoms with Crippen LogP contribution in [0.3, 0.4) is 0 Å². The van der Waals surface area contributed by atoms with E-state index in [0.29, 0.717) is 5.82 Å². The van der Waals surface area contributed by atoms with E-state index in [1.807, 2.05) is 6.07 Å². The van der Waals surface area contributed by atoms with Crippen LogP contribution >= 0.6 is 0 Å². The van der Waals surface area contributed by atoms with Crippen LogP contribution in [0, 0.1) is 0 Å². The van der Waals surface area contributed by atoms with Crippen molar-refractivity contribution in [1.29, 1.82) is 0 Å². The fourth-order valence-corrected chi connectivity index (χ4v) is 9.91. The molecular weight excluding hydrogens is 787 g/mol. The quantitative estimate of drug-likeness (QED) is 0.161. The number of pyridine rings is 1. The lowest BCUT2D eigenvalue weighted by Gasteiger charge is -2.22. The van der Waals surface area contributed by atoms with Gasteiger partial charge in [0, 0.05) is 33.1 Å². The normalized spacial score (nSPS) is 12.6. The maximum atomic E-state index is 5.53. The molecule has 0 bridgehead atoms. The predicted octanol–water partition coefficient (Wildman–Crippen LogP) is 16.2. The van der Waals surface area contributed by atoms with Crippen molar-refractivity contribution in [1.82, 2.24) is 15.0 Å². The number of aromatic nitrogens is 3. The van der Waals surface area contributed by atoms with Gasteiger partial charge in [0.15, 0.2) is 5.82 Å². The molecule has 0 saturated heterocycles. The van der Waals surface area contributed by atoms with Crippen LogP contribution in [-0.2, 0) is 5.41 Å². The highest BCUT2D eigenvalue weighted by atomic mass is 14.9. The topological polar surface area (TPSA) is 38.7 Å². The van der Waals surface area contributed by atoms with Crippen molar-refractivity contribution < 1.29 is 0 Å². The summed E-state index contributed by atoms with van der Waals surface area (Å²) in [7, 11) is 0. The van der Waals surface area contributed by atoms with Gasteiger partial charge in [-0.1, -0.05) is 190 Å². The third-order valence-corrected chi connectivity index (χ3v) is 13.2.